The number of hydrogen-bond acceptors (Lipinski definition) is 6. The Morgan fingerprint density at radius 2 is 1.66 bits per heavy atom. The molecule has 1 aliphatic carbocycles. The molecule has 0 bridgehead atoms. The summed E-state index contributed by atoms with van der Waals surface area (Å²) in [7, 11) is 2.08. The van der Waals surface area contributed by atoms with Crippen LogP contribution < -0.4 is 16.6 Å². The van der Waals surface area contributed by atoms with Crippen molar-refractivity contribution in [2.75, 3.05) is 31.6 Å². The van der Waals surface area contributed by atoms with E-state index in [1.165, 1.54) is 10.6 Å². The normalized spacial score (nSPS) is 25.1. The summed E-state index contributed by atoms with van der Waals surface area (Å²) >= 11 is 1.86. The van der Waals surface area contributed by atoms with Crippen LogP contribution in [0, 0.1) is 11.7 Å². The van der Waals surface area contributed by atoms with Crippen LogP contribution in [0.5, 0.6) is 0 Å². The van der Waals surface area contributed by atoms with Gasteiger partial charge in [0.15, 0.2) is 0 Å². The Balaban J connectivity index is 1.37. The number of halogens is 1. The minimum Gasteiger partial charge on any atom is -0.353 e. The number of nitrogens with one attached hydrogen (secondary N) is 1. The SMILES string of the molecule is CN1CCC(C(=O)NC2CCC(n3c(=O)c4cc(F)cnc4n(C4CCSCC4)c3=O)CC2)CC1. The van der Waals surface area contributed by atoms with Crippen LogP contribution in [0.3, 0.4) is 0 Å². The Morgan fingerprint density at radius 1 is 1.00 bits per heavy atom. The number of likely N-dealkylation sites (tertiary alicyclic amines) is 1. The first-order valence-electron chi connectivity index (χ1n) is 12.8. The average molecular weight is 504 g/mol. The number of rotatable bonds is 4. The van der Waals surface area contributed by atoms with Gasteiger partial charge in [0.25, 0.3) is 5.56 Å². The maximum atomic E-state index is 14.1. The van der Waals surface area contributed by atoms with Gasteiger partial charge in [0, 0.05) is 24.0 Å². The lowest BCUT2D eigenvalue weighted by atomic mass is 9.89. The van der Waals surface area contributed by atoms with Crippen molar-refractivity contribution in [3.8, 4) is 0 Å². The molecule has 0 atom stereocenters. The molecule has 2 aromatic heterocycles. The Kier molecular flexibility index (Phi) is 7.29. The minimum absolute atomic E-state index is 0.0405. The van der Waals surface area contributed by atoms with Gasteiger partial charge in [0.1, 0.15) is 11.5 Å². The van der Waals surface area contributed by atoms with Crippen LogP contribution in [0.4, 0.5) is 4.39 Å². The number of carbonyl (C=O) groups excluding carboxylic acids is 1. The highest BCUT2D eigenvalue weighted by atomic mass is 32.2. The third-order valence-electron chi connectivity index (χ3n) is 7.98. The zero-order valence-electron chi connectivity index (χ0n) is 20.2. The number of hydrogen-bond donors (Lipinski definition) is 1. The predicted octanol–water partition coefficient (Wildman–Crippen LogP) is 2.71. The van der Waals surface area contributed by atoms with Gasteiger partial charge in [-0.3, -0.25) is 18.7 Å². The van der Waals surface area contributed by atoms with E-state index in [1.807, 2.05) is 11.8 Å². The summed E-state index contributed by atoms with van der Waals surface area (Å²) in [6.45, 7) is 1.88. The molecule has 4 heterocycles. The zero-order valence-corrected chi connectivity index (χ0v) is 21.1. The molecule has 2 saturated heterocycles. The fourth-order valence-corrected chi connectivity index (χ4v) is 6.95. The molecule has 5 rings (SSSR count). The van der Waals surface area contributed by atoms with E-state index in [-0.39, 0.29) is 46.7 Å². The van der Waals surface area contributed by atoms with Gasteiger partial charge in [-0.05, 0) is 89.1 Å². The molecule has 0 aromatic carbocycles. The van der Waals surface area contributed by atoms with Crippen LogP contribution >= 0.6 is 11.8 Å². The molecular weight excluding hydrogens is 469 g/mol. The fraction of sp³-hybridized carbons (Fsp3) is 0.680. The molecule has 35 heavy (non-hydrogen) atoms. The first-order chi connectivity index (χ1) is 16.9. The van der Waals surface area contributed by atoms with Crippen molar-refractivity contribution < 1.29 is 9.18 Å². The molecule has 2 aliphatic heterocycles. The van der Waals surface area contributed by atoms with Crippen molar-refractivity contribution in [2.45, 2.75) is 69.5 Å². The van der Waals surface area contributed by atoms with E-state index in [1.54, 1.807) is 4.57 Å². The molecule has 1 amide bonds. The van der Waals surface area contributed by atoms with Crippen molar-refractivity contribution >= 4 is 28.7 Å². The predicted molar refractivity (Wildman–Crippen MR) is 135 cm³/mol. The van der Waals surface area contributed by atoms with Crippen molar-refractivity contribution in [3.63, 3.8) is 0 Å². The van der Waals surface area contributed by atoms with Gasteiger partial charge >= 0.3 is 5.69 Å². The molecule has 190 valence electrons. The topological polar surface area (TPSA) is 89.2 Å². The van der Waals surface area contributed by atoms with E-state index in [0.29, 0.717) is 25.7 Å². The van der Waals surface area contributed by atoms with Crippen molar-refractivity contribution in [3.05, 3.63) is 38.9 Å². The van der Waals surface area contributed by atoms with Gasteiger partial charge in [0.2, 0.25) is 5.91 Å². The molecule has 2 aromatic rings. The van der Waals surface area contributed by atoms with E-state index >= 15 is 0 Å². The van der Waals surface area contributed by atoms with Crippen LogP contribution in [-0.2, 0) is 4.79 Å². The monoisotopic (exact) mass is 503 g/mol. The van der Waals surface area contributed by atoms with E-state index < -0.39 is 11.4 Å². The van der Waals surface area contributed by atoms with Crippen LogP contribution in [0.25, 0.3) is 11.0 Å². The summed E-state index contributed by atoms with van der Waals surface area (Å²) < 4.78 is 17.1. The molecule has 1 N–H and O–H groups in total. The molecule has 0 radical (unpaired) electrons. The second kappa shape index (κ2) is 10.4. The van der Waals surface area contributed by atoms with Crippen molar-refractivity contribution in [1.82, 2.24) is 24.3 Å². The summed E-state index contributed by atoms with van der Waals surface area (Å²) in [6, 6.07) is 0.971. The number of nitrogens with zero attached hydrogens (tertiary/aromatic N) is 4. The maximum absolute atomic E-state index is 14.1. The second-order valence-electron chi connectivity index (χ2n) is 10.3. The lowest BCUT2D eigenvalue weighted by Crippen LogP contribution is -2.47. The van der Waals surface area contributed by atoms with Crippen molar-refractivity contribution in [2.24, 2.45) is 5.92 Å². The number of fused-ring (bicyclic) bond motifs is 1. The summed E-state index contributed by atoms with van der Waals surface area (Å²) in [5.74, 6) is 1.51. The quantitative estimate of drug-likeness (QED) is 0.690. The molecule has 3 fully saturated rings. The van der Waals surface area contributed by atoms with Gasteiger partial charge in [-0.1, -0.05) is 0 Å². The Hall–Kier alpha value is -2.20. The zero-order chi connectivity index (χ0) is 24.5. The summed E-state index contributed by atoms with van der Waals surface area (Å²) in [4.78, 5) is 46.3. The van der Waals surface area contributed by atoms with Gasteiger partial charge in [0.05, 0.1) is 11.6 Å². The van der Waals surface area contributed by atoms with Crippen LogP contribution in [0.2, 0.25) is 0 Å². The lowest BCUT2D eigenvalue weighted by molar-refractivity contribution is -0.127. The third kappa shape index (κ3) is 5.05. The second-order valence-corrected chi connectivity index (χ2v) is 11.5. The number of aromatic nitrogens is 3. The molecule has 0 unspecified atom stereocenters. The summed E-state index contributed by atoms with van der Waals surface area (Å²) in [5.41, 5.74) is -0.511. The highest BCUT2D eigenvalue weighted by Gasteiger charge is 2.31. The fourth-order valence-electron chi connectivity index (χ4n) is 5.87. The van der Waals surface area contributed by atoms with E-state index in [2.05, 4.69) is 22.2 Å². The number of carbonyl (C=O) groups is 1. The van der Waals surface area contributed by atoms with Crippen molar-refractivity contribution in [1.29, 1.82) is 0 Å². The molecule has 3 aliphatic rings. The first-order valence-corrected chi connectivity index (χ1v) is 14.0. The van der Waals surface area contributed by atoms with Gasteiger partial charge in [-0.25, -0.2) is 14.2 Å². The number of pyridine rings is 1. The Labute approximate surface area is 208 Å². The number of piperidine rings is 1. The molecular formula is C25H34FN5O3S. The molecule has 10 heteroatoms. The molecule has 8 nitrogen and oxygen atoms in total. The highest BCUT2D eigenvalue weighted by Crippen LogP contribution is 2.30. The van der Waals surface area contributed by atoms with Crippen LogP contribution in [-0.4, -0.2) is 62.6 Å². The standard InChI is InChI=1S/C25H34FN5O3S/c1-29-10-6-16(7-11-29)23(32)28-18-2-4-19(5-3-18)31-24(33)21-14-17(26)15-27-22(21)30(25(31)34)20-8-12-35-13-9-20/h14-16,18-20H,2-13H2,1H3,(H,28,32). The Bertz CT molecular complexity index is 1190. The molecule has 0 spiro atoms. The largest absolute Gasteiger partial charge is 0.353 e. The van der Waals surface area contributed by atoms with E-state index in [9.17, 15) is 18.8 Å². The lowest BCUT2D eigenvalue weighted by Gasteiger charge is -2.33. The van der Waals surface area contributed by atoms with Crippen LogP contribution in [0.1, 0.15) is 63.5 Å². The first kappa shape index (κ1) is 24.5. The average Bonchev–Trinajstić information content (AvgIpc) is 2.86. The summed E-state index contributed by atoms with van der Waals surface area (Å²) in [6.07, 6.45) is 7.19. The smallest absolute Gasteiger partial charge is 0.333 e. The summed E-state index contributed by atoms with van der Waals surface area (Å²) in [5, 5.41) is 3.38. The van der Waals surface area contributed by atoms with Gasteiger partial charge < -0.3 is 10.2 Å². The third-order valence-corrected chi connectivity index (χ3v) is 9.03. The minimum atomic E-state index is -0.578. The van der Waals surface area contributed by atoms with Gasteiger partial charge in [-0.15, -0.1) is 0 Å². The van der Waals surface area contributed by atoms with Crippen LogP contribution in [0.15, 0.2) is 21.9 Å². The number of amides is 1. The maximum Gasteiger partial charge on any atom is 0.333 e. The van der Waals surface area contributed by atoms with E-state index in [4.69, 9.17) is 0 Å². The van der Waals surface area contributed by atoms with Gasteiger partial charge in [-0.2, -0.15) is 11.8 Å². The highest BCUT2D eigenvalue weighted by molar-refractivity contribution is 7.99. The van der Waals surface area contributed by atoms with E-state index in [0.717, 1.165) is 56.5 Å². The molecule has 1 saturated carbocycles. The Morgan fingerprint density at radius 3 is 2.34 bits per heavy atom. The number of thioether (sulfide) groups is 1.